The Labute approximate surface area is 122 Å². The zero-order chi connectivity index (χ0) is 13.2. The van der Waals surface area contributed by atoms with Gasteiger partial charge in [-0.15, -0.1) is 0 Å². The van der Waals surface area contributed by atoms with Crippen LogP contribution in [0.25, 0.3) is 0 Å². The lowest BCUT2D eigenvalue weighted by Crippen LogP contribution is -2.52. The lowest BCUT2D eigenvalue weighted by molar-refractivity contribution is -0.0912. The Hall–Kier alpha value is -0.580. The molecule has 2 aliphatic rings. The molecule has 3 nitrogen and oxygen atoms in total. The third-order valence-corrected chi connectivity index (χ3v) is 4.76. The van der Waals surface area contributed by atoms with E-state index in [1.54, 1.807) is 6.07 Å². The summed E-state index contributed by atoms with van der Waals surface area (Å²) in [7, 11) is 0. The number of phenols is 1. The standard InChI is InChI=1S/C15H20BrNO2/c16-12-5-6-14(18)11(9-12)10-17-7-8-19-15-4-2-1-3-13(15)17/h5-6,9,13,15,18H,1-4,7-8,10H2. The maximum atomic E-state index is 9.98. The van der Waals surface area contributed by atoms with Gasteiger partial charge >= 0.3 is 0 Å². The van der Waals surface area contributed by atoms with Crippen LogP contribution < -0.4 is 0 Å². The van der Waals surface area contributed by atoms with E-state index in [2.05, 4.69) is 20.8 Å². The Morgan fingerprint density at radius 1 is 1.32 bits per heavy atom. The molecule has 19 heavy (non-hydrogen) atoms. The molecule has 1 saturated carbocycles. The molecule has 1 aromatic rings. The summed E-state index contributed by atoms with van der Waals surface area (Å²) < 4.78 is 6.91. The molecule has 1 aromatic carbocycles. The zero-order valence-corrected chi connectivity index (χ0v) is 12.6. The molecule has 2 atom stereocenters. The minimum Gasteiger partial charge on any atom is -0.508 e. The molecule has 0 spiro atoms. The number of nitrogens with zero attached hydrogens (tertiary/aromatic N) is 1. The maximum absolute atomic E-state index is 9.98. The molecule has 3 rings (SSSR count). The van der Waals surface area contributed by atoms with E-state index in [0.717, 1.165) is 29.7 Å². The smallest absolute Gasteiger partial charge is 0.120 e. The van der Waals surface area contributed by atoms with E-state index in [9.17, 15) is 5.11 Å². The van der Waals surface area contributed by atoms with Crippen LogP contribution >= 0.6 is 15.9 Å². The fourth-order valence-electron chi connectivity index (χ4n) is 3.27. The highest BCUT2D eigenvalue weighted by atomic mass is 79.9. The van der Waals surface area contributed by atoms with Crippen LogP contribution in [0.5, 0.6) is 5.75 Å². The molecule has 0 amide bonds. The Bertz CT molecular complexity index is 450. The number of benzene rings is 1. The van der Waals surface area contributed by atoms with E-state index in [-0.39, 0.29) is 0 Å². The molecule has 0 radical (unpaired) electrons. The van der Waals surface area contributed by atoms with Gasteiger partial charge in [0.15, 0.2) is 0 Å². The SMILES string of the molecule is Oc1ccc(Br)cc1CN1CCOC2CCCCC21. The summed E-state index contributed by atoms with van der Waals surface area (Å²) in [4.78, 5) is 2.48. The number of hydrogen-bond donors (Lipinski definition) is 1. The number of fused-ring (bicyclic) bond motifs is 1. The predicted molar refractivity (Wildman–Crippen MR) is 78.2 cm³/mol. The van der Waals surface area contributed by atoms with Crippen molar-refractivity contribution in [1.29, 1.82) is 0 Å². The van der Waals surface area contributed by atoms with Gasteiger partial charge in [-0.1, -0.05) is 28.8 Å². The maximum Gasteiger partial charge on any atom is 0.120 e. The molecular formula is C15H20BrNO2. The molecule has 0 aromatic heterocycles. The summed E-state index contributed by atoms with van der Waals surface area (Å²) in [6.07, 6.45) is 5.39. The molecule has 4 heteroatoms. The fourth-order valence-corrected chi connectivity index (χ4v) is 3.68. The second-order valence-electron chi connectivity index (χ2n) is 5.50. The van der Waals surface area contributed by atoms with Crippen LogP contribution in [-0.4, -0.2) is 35.3 Å². The average molecular weight is 326 g/mol. The fraction of sp³-hybridized carbons (Fsp3) is 0.600. The Kier molecular flexibility index (Phi) is 4.10. The van der Waals surface area contributed by atoms with Crippen molar-refractivity contribution >= 4 is 15.9 Å². The molecule has 1 aliphatic carbocycles. The predicted octanol–water partition coefficient (Wildman–Crippen LogP) is 3.30. The van der Waals surface area contributed by atoms with Crippen LogP contribution in [0.1, 0.15) is 31.2 Å². The first-order valence-electron chi connectivity index (χ1n) is 7.07. The van der Waals surface area contributed by atoms with Crippen molar-refractivity contribution in [3.63, 3.8) is 0 Å². The van der Waals surface area contributed by atoms with Gasteiger partial charge in [0.2, 0.25) is 0 Å². The van der Waals surface area contributed by atoms with Gasteiger partial charge in [-0.2, -0.15) is 0 Å². The molecular weight excluding hydrogens is 306 g/mol. The summed E-state index contributed by atoms with van der Waals surface area (Å²) in [6.45, 7) is 2.60. The van der Waals surface area contributed by atoms with Crippen LogP contribution in [0.4, 0.5) is 0 Å². The van der Waals surface area contributed by atoms with E-state index >= 15 is 0 Å². The minimum atomic E-state index is 0.391. The number of aromatic hydroxyl groups is 1. The number of rotatable bonds is 2. The first-order valence-corrected chi connectivity index (χ1v) is 7.86. The highest BCUT2D eigenvalue weighted by Gasteiger charge is 2.34. The number of morpholine rings is 1. The van der Waals surface area contributed by atoms with Gasteiger partial charge < -0.3 is 9.84 Å². The molecule has 1 aliphatic heterocycles. The van der Waals surface area contributed by atoms with Crippen LogP contribution in [0.3, 0.4) is 0 Å². The highest BCUT2D eigenvalue weighted by molar-refractivity contribution is 9.10. The largest absolute Gasteiger partial charge is 0.508 e. The molecule has 0 bridgehead atoms. The molecule has 104 valence electrons. The van der Waals surface area contributed by atoms with Crippen molar-refractivity contribution in [2.75, 3.05) is 13.2 Å². The van der Waals surface area contributed by atoms with E-state index in [0.29, 0.717) is 17.9 Å². The number of hydrogen-bond acceptors (Lipinski definition) is 3. The van der Waals surface area contributed by atoms with Gasteiger partial charge in [0.1, 0.15) is 5.75 Å². The van der Waals surface area contributed by atoms with Crippen molar-refractivity contribution in [2.45, 2.75) is 44.4 Å². The first-order chi connectivity index (χ1) is 9.24. The molecule has 1 heterocycles. The first kappa shape index (κ1) is 13.4. The van der Waals surface area contributed by atoms with Crippen molar-refractivity contribution in [2.24, 2.45) is 0 Å². The van der Waals surface area contributed by atoms with Gasteiger partial charge in [0.25, 0.3) is 0 Å². The lowest BCUT2D eigenvalue weighted by atomic mass is 9.90. The second-order valence-corrected chi connectivity index (χ2v) is 6.42. The van der Waals surface area contributed by atoms with E-state index < -0.39 is 0 Å². The molecule has 1 N–H and O–H groups in total. The van der Waals surface area contributed by atoms with Gasteiger partial charge in [-0.25, -0.2) is 0 Å². The number of phenolic OH excluding ortho intramolecular Hbond substituents is 1. The van der Waals surface area contributed by atoms with E-state index in [1.165, 1.54) is 25.7 Å². The van der Waals surface area contributed by atoms with E-state index in [1.807, 2.05) is 12.1 Å². The molecule has 1 saturated heterocycles. The van der Waals surface area contributed by atoms with Crippen molar-refractivity contribution in [3.05, 3.63) is 28.2 Å². The lowest BCUT2D eigenvalue weighted by Gasteiger charge is -2.43. The quantitative estimate of drug-likeness (QED) is 0.905. The van der Waals surface area contributed by atoms with Crippen LogP contribution in [-0.2, 0) is 11.3 Å². The van der Waals surface area contributed by atoms with Crippen molar-refractivity contribution in [1.82, 2.24) is 4.90 Å². The average Bonchev–Trinajstić information content (AvgIpc) is 2.43. The topological polar surface area (TPSA) is 32.7 Å². The summed E-state index contributed by atoms with van der Waals surface area (Å²) in [5, 5.41) is 9.98. The third kappa shape index (κ3) is 2.96. The second kappa shape index (κ2) is 5.81. The summed E-state index contributed by atoms with van der Waals surface area (Å²) in [5.41, 5.74) is 1.00. The molecule has 2 fully saturated rings. The van der Waals surface area contributed by atoms with Gasteiger partial charge in [0, 0.05) is 29.2 Å². The summed E-state index contributed by atoms with van der Waals surface area (Å²) in [5.74, 6) is 0.391. The Balaban J connectivity index is 1.75. The monoisotopic (exact) mass is 325 g/mol. The Morgan fingerprint density at radius 2 is 2.16 bits per heavy atom. The third-order valence-electron chi connectivity index (χ3n) is 4.26. The molecule has 2 unspecified atom stereocenters. The van der Waals surface area contributed by atoms with Crippen LogP contribution in [0.2, 0.25) is 0 Å². The Morgan fingerprint density at radius 3 is 3.05 bits per heavy atom. The minimum absolute atomic E-state index is 0.391. The van der Waals surface area contributed by atoms with Gasteiger partial charge in [0.05, 0.1) is 12.7 Å². The number of ether oxygens (including phenoxy) is 1. The van der Waals surface area contributed by atoms with Crippen molar-refractivity contribution < 1.29 is 9.84 Å². The van der Waals surface area contributed by atoms with E-state index in [4.69, 9.17) is 4.74 Å². The van der Waals surface area contributed by atoms with Crippen LogP contribution in [0, 0.1) is 0 Å². The number of halogens is 1. The van der Waals surface area contributed by atoms with Gasteiger partial charge in [-0.05, 0) is 31.0 Å². The zero-order valence-electron chi connectivity index (χ0n) is 11.0. The summed E-state index contributed by atoms with van der Waals surface area (Å²) >= 11 is 3.48. The highest BCUT2D eigenvalue weighted by Crippen LogP contribution is 2.31. The van der Waals surface area contributed by atoms with Crippen LogP contribution in [0.15, 0.2) is 22.7 Å². The van der Waals surface area contributed by atoms with Crippen molar-refractivity contribution in [3.8, 4) is 5.75 Å². The van der Waals surface area contributed by atoms with Gasteiger partial charge in [-0.3, -0.25) is 4.90 Å². The normalized spacial score (nSPS) is 28.1. The summed E-state index contributed by atoms with van der Waals surface area (Å²) in [6, 6.07) is 6.18.